The second kappa shape index (κ2) is 12.0. The van der Waals surface area contributed by atoms with Crippen LogP contribution in [0.5, 0.6) is 0 Å². The molecule has 1 atom stereocenters. The number of carbonyl (C=O) groups excluding carboxylic acids is 1. The van der Waals surface area contributed by atoms with Gasteiger partial charge in [-0.2, -0.15) is 0 Å². The normalized spacial score (nSPS) is 11.7. The SMILES string of the molecule is CCCCn1c(N)c(N(Cc2ccccc2)C(=O)CN(CC(C)O)c2ccccc2)c(=O)[nH]c1=O. The summed E-state index contributed by atoms with van der Waals surface area (Å²) in [5.41, 5.74) is 6.52. The monoisotopic (exact) mass is 479 g/mol. The van der Waals surface area contributed by atoms with Gasteiger partial charge >= 0.3 is 5.69 Å². The molecule has 1 amide bonds. The van der Waals surface area contributed by atoms with Crippen LogP contribution < -0.4 is 26.8 Å². The number of aliphatic hydroxyl groups is 1. The van der Waals surface area contributed by atoms with Crippen LogP contribution in [0.15, 0.2) is 70.3 Å². The molecule has 3 rings (SSSR count). The van der Waals surface area contributed by atoms with Crippen molar-refractivity contribution in [3.05, 3.63) is 87.1 Å². The molecule has 1 unspecified atom stereocenters. The predicted octanol–water partition coefficient (Wildman–Crippen LogP) is 2.34. The van der Waals surface area contributed by atoms with Gasteiger partial charge < -0.3 is 15.7 Å². The predicted molar refractivity (Wildman–Crippen MR) is 139 cm³/mol. The number of nitrogens with two attached hydrogens (primary N) is 1. The van der Waals surface area contributed by atoms with Crippen molar-refractivity contribution in [2.75, 3.05) is 28.6 Å². The Hall–Kier alpha value is -3.85. The first-order chi connectivity index (χ1) is 16.8. The van der Waals surface area contributed by atoms with Gasteiger partial charge in [-0.05, 0) is 31.0 Å². The summed E-state index contributed by atoms with van der Waals surface area (Å²) in [4.78, 5) is 44.5. The Morgan fingerprint density at radius 3 is 2.31 bits per heavy atom. The summed E-state index contributed by atoms with van der Waals surface area (Å²) in [5, 5.41) is 10.0. The lowest BCUT2D eigenvalue weighted by atomic mass is 10.2. The molecule has 0 saturated carbocycles. The van der Waals surface area contributed by atoms with E-state index in [1.807, 2.05) is 67.6 Å². The Morgan fingerprint density at radius 1 is 1.09 bits per heavy atom. The van der Waals surface area contributed by atoms with E-state index in [0.29, 0.717) is 13.0 Å². The topological polar surface area (TPSA) is 125 Å². The number of hydrogen-bond donors (Lipinski definition) is 3. The van der Waals surface area contributed by atoms with Crippen molar-refractivity contribution < 1.29 is 9.90 Å². The van der Waals surface area contributed by atoms with Gasteiger partial charge in [-0.1, -0.05) is 61.9 Å². The fourth-order valence-corrected chi connectivity index (χ4v) is 3.90. The molecule has 1 aromatic heterocycles. The number of H-pyrrole nitrogens is 1. The molecular weight excluding hydrogens is 446 g/mol. The van der Waals surface area contributed by atoms with Gasteiger partial charge in [0.1, 0.15) is 5.82 Å². The van der Waals surface area contributed by atoms with Crippen LogP contribution in [-0.2, 0) is 17.9 Å². The van der Waals surface area contributed by atoms with Crippen molar-refractivity contribution in [1.29, 1.82) is 0 Å². The molecule has 186 valence electrons. The summed E-state index contributed by atoms with van der Waals surface area (Å²) in [7, 11) is 0. The Bertz CT molecular complexity index is 1220. The second-order valence-electron chi connectivity index (χ2n) is 8.53. The van der Waals surface area contributed by atoms with Crippen molar-refractivity contribution in [2.24, 2.45) is 0 Å². The van der Waals surface area contributed by atoms with Gasteiger partial charge in [-0.15, -0.1) is 0 Å². The molecule has 35 heavy (non-hydrogen) atoms. The van der Waals surface area contributed by atoms with Gasteiger partial charge in [0.15, 0.2) is 5.69 Å². The van der Waals surface area contributed by atoms with Gasteiger partial charge in [0.25, 0.3) is 5.56 Å². The summed E-state index contributed by atoms with van der Waals surface area (Å²) >= 11 is 0. The summed E-state index contributed by atoms with van der Waals surface area (Å²) in [6.07, 6.45) is 0.839. The number of amides is 1. The molecule has 0 aliphatic carbocycles. The van der Waals surface area contributed by atoms with Gasteiger partial charge in [-0.3, -0.25) is 24.0 Å². The van der Waals surface area contributed by atoms with Crippen LogP contribution in [0.2, 0.25) is 0 Å². The number of para-hydroxylation sites is 1. The molecule has 9 nitrogen and oxygen atoms in total. The van der Waals surface area contributed by atoms with Crippen molar-refractivity contribution in [2.45, 2.75) is 45.9 Å². The van der Waals surface area contributed by atoms with Gasteiger partial charge in [0.05, 0.1) is 19.2 Å². The average Bonchev–Trinajstić information content (AvgIpc) is 2.83. The highest BCUT2D eigenvalue weighted by Gasteiger charge is 2.26. The number of benzene rings is 2. The lowest BCUT2D eigenvalue weighted by Gasteiger charge is -2.30. The number of aromatic nitrogens is 2. The fraction of sp³-hybridized carbons (Fsp3) is 0.346. The molecule has 0 spiro atoms. The van der Waals surface area contributed by atoms with E-state index in [1.54, 1.807) is 11.8 Å². The summed E-state index contributed by atoms with van der Waals surface area (Å²) in [6, 6.07) is 18.5. The Labute approximate surface area is 204 Å². The molecule has 3 aromatic rings. The molecule has 0 aliphatic rings. The van der Waals surface area contributed by atoms with E-state index >= 15 is 0 Å². The number of aromatic amines is 1. The maximum Gasteiger partial charge on any atom is 0.330 e. The van der Waals surface area contributed by atoms with Crippen LogP contribution in [0.3, 0.4) is 0 Å². The maximum absolute atomic E-state index is 13.7. The van der Waals surface area contributed by atoms with Crippen molar-refractivity contribution in [3.8, 4) is 0 Å². The summed E-state index contributed by atoms with van der Waals surface area (Å²) in [6.45, 7) is 4.17. The molecule has 2 aromatic carbocycles. The van der Waals surface area contributed by atoms with Crippen LogP contribution in [0.1, 0.15) is 32.3 Å². The van der Waals surface area contributed by atoms with Crippen LogP contribution in [-0.4, -0.2) is 39.8 Å². The Morgan fingerprint density at radius 2 is 1.71 bits per heavy atom. The first-order valence-corrected chi connectivity index (χ1v) is 11.8. The zero-order chi connectivity index (χ0) is 25.4. The van der Waals surface area contributed by atoms with Crippen LogP contribution >= 0.6 is 0 Å². The van der Waals surface area contributed by atoms with Gasteiger partial charge in [-0.25, -0.2) is 4.79 Å². The number of carbonyl (C=O) groups is 1. The van der Waals surface area contributed by atoms with E-state index < -0.39 is 23.3 Å². The standard InChI is InChI=1S/C26H33N5O4/c1-3-4-15-30-24(27)23(25(34)28-26(30)35)31(17-20-11-7-5-8-12-20)22(33)18-29(16-19(2)32)21-13-9-6-10-14-21/h5-14,19,32H,3-4,15-18,27H2,1-2H3,(H,28,34,35). The minimum absolute atomic E-state index is 0.0433. The zero-order valence-corrected chi connectivity index (χ0v) is 20.2. The number of hydrogen-bond acceptors (Lipinski definition) is 6. The molecule has 0 radical (unpaired) electrons. The molecule has 9 heteroatoms. The van der Waals surface area contributed by atoms with E-state index in [9.17, 15) is 19.5 Å². The summed E-state index contributed by atoms with van der Waals surface area (Å²) in [5.74, 6) is -0.436. The van der Waals surface area contributed by atoms with E-state index in [1.165, 1.54) is 9.47 Å². The van der Waals surface area contributed by atoms with Crippen LogP contribution in [0.4, 0.5) is 17.2 Å². The molecule has 0 fully saturated rings. The molecule has 0 saturated heterocycles. The quantitative estimate of drug-likeness (QED) is 0.388. The molecular formula is C26H33N5O4. The lowest BCUT2D eigenvalue weighted by Crippen LogP contribution is -2.46. The Kier molecular flexibility index (Phi) is 8.86. The molecule has 0 aliphatic heterocycles. The van der Waals surface area contributed by atoms with Crippen molar-refractivity contribution in [1.82, 2.24) is 9.55 Å². The number of anilines is 3. The van der Waals surface area contributed by atoms with Crippen LogP contribution in [0, 0.1) is 0 Å². The molecule has 0 bridgehead atoms. The molecule has 1 heterocycles. The maximum atomic E-state index is 13.7. The highest BCUT2D eigenvalue weighted by atomic mass is 16.3. The lowest BCUT2D eigenvalue weighted by molar-refractivity contribution is -0.117. The van der Waals surface area contributed by atoms with E-state index in [0.717, 1.165) is 17.7 Å². The van der Waals surface area contributed by atoms with Crippen molar-refractivity contribution in [3.63, 3.8) is 0 Å². The largest absolute Gasteiger partial charge is 0.392 e. The van der Waals surface area contributed by atoms with Crippen LogP contribution in [0.25, 0.3) is 0 Å². The van der Waals surface area contributed by atoms with Gasteiger partial charge in [0.2, 0.25) is 5.91 Å². The van der Waals surface area contributed by atoms with E-state index in [4.69, 9.17) is 5.73 Å². The zero-order valence-electron chi connectivity index (χ0n) is 20.2. The highest BCUT2D eigenvalue weighted by Crippen LogP contribution is 2.22. The fourth-order valence-electron chi connectivity index (χ4n) is 3.90. The molecule has 4 N–H and O–H groups in total. The third kappa shape index (κ3) is 6.60. The number of aliphatic hydroxyl groups excluding tert-OH is 1. The van der Waals surface area contributed by atoms with E-state index in [2.05, 4.69) is 4.98 Å². The second-order valence-corrected chi connectivity index (χ2v) is 8.53. The minimum Gasteiger partial charge on any atom is -0.392 e. The first kappa shape index (κ1) is 25.8. The number of nitrogen functional groups attached to an aromatic ring is 1. The third-order valence-corrected chi connectivity index (χ3v) is 5.64. The number of unbranched alkanes of at least 4 members (excludes halogenated alkanes) is 1. The third-order valence-electron chi connectivity index (χ3n) is 5.64. The first-order valence-electron chi connectivity index (χ1n) is 11.8. The summed E-state index contributed by atoms with van der Waals surface area (Å²) < 4.78 is 1.30. The van der Waals surface area contributed by atoms with Crippen molar-refractivity contribution >= 4 is 23.1 Å². The minimum atomic E-state index is -0.716. The van der Waals surface area contributed by atoms with Gasteiger partial charge in [0, 0.05) is 18.8 Å². The highest BCUT2D eigenvalue weighted by molar-refractivity contribution is 5.98. The number of rotatable bonds is 11. The number of nitrogens with zero attached hydrogens (tertiary/aromatic N) is 3. The number of nitrogens with one attached hydrogen (secondary N) is 1. The Balaban J connectivity index is 2.06. The average molecular weight is 480 g/mol. The van der Waals surface area contributed by atoms with E-state index in [-0.39, 0.29) is 31.1 Å². The smallest absolute Gasteiger partial charge is 0.330 e.